The van der Waals surface area contributed by atoms with E-state index in [1.54, 1.807) is 32.0 Å². The predicted octanol–water partition coefficient (Wildman–Crippen LogP) is 5.45. The largest absolute Gasteiger partial charge is 0.325 e. The Morgan fingerprint density at radius 2 is 1.55 bits per heavy atom. The molecule has 0 aliphatic carbocycles. The number of sulfonamides is 1. The molecule has 0 spiro atoms. The van der Waals surface area contributed by atoms with Crippen molar-refractivity contribution in [3.63, 3.8) is 0 Å². The molecule has 0 bridgehead atoms. The maximum absolute atomic E-state index is 13.7. The number of anilines is 1. The number of carbonyl (C=O) groups excluding carboxylic acids is 1. The number of rotatable bonds is 8. The van der Waals surface area contributed by atoms with Gasteiger partial charge in [0.2, 0.25) is 15.9 Å². The molecule has 5 nitrogen and oxygen atoms in total. The van der Waals surface area contributed by atoms with Gasteiger partial charge in [-0.2, -0.15) is 4.31 Å². The summed E-state index contributed by atoms with van der Waals surface area (Å²) in [4.78, 5) is 13.2. The molecule has 3 rings (SSSR count). The first kappa shape index (κ1) is 25.0. The lowest BCUT2D eigenvalue weighted by Crippen LogP contribution is -2.40. The number of halogens is 1. The Hall–Kier alpha value is -2.67. The van der Waals surface area contributed by atoms with Crippen molar-refractivity contribution in [2.45, 2.75) is 39.0 Å². The first-order valence-electron chi connectivity index (χ1n) is 10.8. The third kappa shape index (κ3) is 6.22. The van der Waals surface area contributed by atoms with Gasteiger partial charge in [0.25, 0.3) is 0 Å². The lowest BCUT2D eigenvalue weighted by atomic mass is 10.1. The number of nitrogens with zero attached hydrogens (tertiary/aromatic N) is 1. The molecule has 7 heteroatoms. The molecule has 0 fully saturated rings. The summed E-state index contributed by atoms with van der Waals surface area (Å²) in [7, 11) is -3.90. The summed E-state index contributed by atoms with van der Waals surface area (Å²) < 4.78 is 28.7. The van der Waals surface area contributed by atoms with Crippen LogP contribution in [0.1, 0.15) is 27.8 Å². The maximum Gasteiger partial charge on any atom is 0.244 e. The molecule has 0 heterocycles. The van der Waals surface area contributed by atoms with Crippen molar-refractivity contribution in [3.05, 3.63) is 93.5 Å². The summed E-state index contributed by atoms with van der Waals surface area (Å²) in [6.45, 7) is 7.25. The van der Waals surface area contributed by atoms with Crippen LogP contribution in [0.5, 0.6) is 0 Å². The summed E-state index contributed by atoms with van der Waals surface area (Å²) in [5.41, 5.74) is 4.75. The van der Waals surface area contributed by atoms with Gasteiger partial charge in [0.05, 0.1) is 11.4 Å². The van der Waals surface area contributed by atoms with E-state index in [-0.39, 0.29) is 18.0 Å². The zero-order valence-electron chi connectivity index (χ0n) is 19.4. The zero-order chi connectivity index (χ0) is 24.2. The molecule has 0 aromatic heterocycles. The van der Waals surface area contributed by atoms with E-state index in [1.807, 2.05) is 56.3 Å². The maximum atomic E-state index is 13.7. The average Bonchev–Trinajstić information content (AvgIpc) is 2.72. The van der Waals surface area contributed by atoms with Gasteiger partial charge in [0.1, 0.15) is 0 Å². The number of hydrogen-bond donors (Lipinski definition) is 1. The molecule has 0 aliphatic heterocycles. The Balaban J connectivity index is 1.91. The van der Waals surface area contributed by atoms with Gasteiger partial charge in [-0.05, 0) is 74.6 Å². The first-order valence-corrected chi connectivity index (χ1v) is 12.6. The highest BCUT2D eigenvalue weighted by Gasteiger charge is 2.29. The smallest absolute Gasteiger partial charge is 0.244 e. The fourth-order valence-corrected chi connectivity index (χ4v) is 6.04. The Bertz CT molecular complexity index is 1230. The average molecular weight is 485 g/mol. The summed E-state index contributed by atoms with van der Waals surface area (Å²) in [6, 6.07) is 18.5. The molecular formula is C26H29ClN2O3S. The molecule has 3 aromatic rings. The van der Waals surface area contributed by atoms with Crippen LogP contribution in [0.15, 0.2) is 65.6 Å². The second-order valence-electron chi connectivity index (χ2n) is 8.31. The van der Waals surface area contributed by atoms with Gasteiger partial charge in [-0.3, -0.25) is 4.79 Å². The highest BCUT2D eigenvalue weighted by Crippen LogP contribution is 2.26. The van der Waals surface area contributed by atoms with Crippen LogP contribution in [0.4, 0.5) is 5.69 Å². The number of nitrogens with one attached hydrogen (secondary N) is 1. The van der Waals surface area contributed by atoms with Crippen LogP contribution in [-0.2, 0) is 21.2 Å². The van der Waals surface area contributed by atoms with Crippen LogP contribution in [-0.4, -0.2) is 31.7 Å². The van der Waals surface area contributed by atoms with Crippen LogP contribution in [0.3, 0.4) is 0 Å². The van der Waals surface area contributed by atoms with Crippen LogP contribution >= 0.6 is 11.6 Å². The normalized spacial score (nSPS) is 11.6. The van der Waals surface area contributed by atoms with E-state index in [0.717, 1.165) is 16.7 Å². The zero-order valence-corrected chi connectivity index (χ0v) is 20.9. The van der Waals surface area contributed by atoms with Gasteiger partial charge in [-0.15, -0.1) is 0 Å². The SMILES string of the molecule is Cc1cc(C)c(S(=O)(=O)N(CCc2ccccc2)CC(=O)Nc2ccc(Cl)cc2C)c(C)c1. The van der Waals surface area contributed by atoms with E-state index in [0.29, 0.717) is 28.3 Å². The second-order valence-corrected chi connectivity index (χ2v) is 10.6. The van der Waals surface area contributed by atoms with Gasteiger partial charge in [0.15, 0.2) is 0 Å². The monoisotopic (exact) mass is 484 g/mol. The third-order valence-corrected chi connectivity index (χ3v) is 7.86. The van der Waals surface area contributed by atoms with E-state index in [9.17, 15) is 13.2 Å². The van der Waals surface area contributed by atoms with E-state index in [4.69, 9.17) is 11.6 Å². The third-order valence-electron chi connectivity index (χ3n) is 5.48. The van der Waals surface area contributed by atoms with Crippen molar-refractivity contribution in [2.75, 3.05) is 18.4 Å². The summed E-state index contributed by atoms with van der Waals surface area (Å²) in [5.74, 6) is -0.403. The van der Waals surface area contributed by atoms with E-state index in [2.05, 4.69) is 5.32 Å². The number of hydrogen-bond acceptors (Lipinski definition) is 3. The van der Waals surface area contributed by atoms with Crippen molar-refractivity contribution in [1.82, 2.24) is 4.31 Å². The molecule has 174 valence electrons. The summed E-state index contributed by atoms with van der Waals surface area (Å²) in [6.07, 6.45) is 0.497. The van der Waals surface area contributed by atoms with Crippen LogP contribution < -0.4 is 5.32 Å². The lowest BCUT2D eigenvalue weighted by Gasteiger charge is -2.24. The Morgan fingerprint density at radius 1 is 0.909 bits per heavy atom. The number of amides is 1. The number of carbonyl (C=O) groups is 1. The van der Waals surface area contributed by atoms with Crippen molar-refractivity contribution >= 4 is 33.2 Å². The minimum atomic E-state index is -3.90. The minimum absolute atomic E-state index is 0.187. The molecule has 0 unspecified atom stereocenters. The van der Waals surface area contributed by atoms with Crippen LogP contribution in [0.2, 0.25) is 5.02 Å². The van der Waals surface area contributed by atoms with Crippen molar-refractivity contribution in [2.24, 2.45) is 0 Å². The van der Waals surface area contributed by atoms with Gasteiger partial charge in [0, 0.05) is 17.3 Å². The van der Waals surface area contributed by atoms with Gasteiger partial charge in [-0.1, -0.05) is 59.6 Å². The second kappa shape index (κ2) is 10.5. The quantitative estimate of drug-likeness (QED) is 0.462. The lowest BCUT2D eigenvalue weighted by molar-refractivity contribution is -0.116. The fraction of sp³-hybridized carbons (Fsp3) is 0.269. The molecule has 1 amide bonds. The molecule has 0 radical (unpaired) electrons. The summed E-state index contributed by atoms with van der Waals surface area (Å²) in [5, 5.41) is 3.40. The van der Waals surface area contributed by atoms with Crippen molar-refractivity contribution < 1.29 is 13.2 Å². The number of benzene rings is 3. The van der Waals surface area contributed by atoms with E-state index < -0.39 is 15.9 Å². The van der Waals surface area contributed by atoms with Gasteiger partial charge < -0.3 is 5.32 Å². The Morgan fingerprint density at radius 3 is 2.15 bits per heavy atom. The molecule has 0 saturated heterocycles. The van der Waals surface area contributed by atoms with Gasteiger partial charge >= 0.3 is 0 Å². The van der Waals surface area contributed by atoms with Gasteiger partial charge in [-0.25, -0.2) is 8.42 Å². The Kier molecular flexibility index (Phi) is 7.95. The predicted molar refractivity (Wildman–Crippen MR) is 134 cm³/mol. The highest BCUT2D eigenvalue weighted by atomic mass is 35.5. The molecule has 0 aliphatic rings. The van der Waals surface area contributed by atoms with Crippen molar-refractivity contribution in [3.8, 4) is 0 Å². The first-order chi connectivity index (χ1) is 15.6. The molecule has 0 saturated carbocycles. The standard InChI is InChI=1S/C26H29ClN2O3S/c1-18-14-20(3)26(21(4)15-18)33(31,32)29(13-12-22-8-6-5-7-9-22)17-25(30)28-24-11-10-23(27)16-19(24)2/h5-11,14-16H,12-13,17H2,1-4H3,(H,28,30). The van der Waals surface area contributed by atoms with E-state index in [1.165, 1.54) is 4.31 Å². The molecular weight excluding hydrogens is 456 g/mol. The minimum Gasteiger partial charge on any atom is -0.325 e. The van der Waals surface area contributed by atoms with Crippen LogP contribution in [0.25, 0.3) is 0 Å². The Labute approximate surface area is 201 Å². The molecule has 3 aromatic carbocycles. The highest BCUT2D eigenvalue weighted by molar-refractivity contribution is 7.89. The van der Waals surface area contributed by atoms with E-state index >= 15 is 0 Å². The number of aryl methyl sites for hydroxylation is 4. The molecule has 1 N–H and O–H groups in total. The molecule has 33 heavy (non-hydrogen) atoms. The summed E-state index contributed by atoms with van der Waals surface area (Å²) >= 11 is 6.01. The fourth-order valence-electron chi connectivity index (χ4n) is 4.00. The van der Waals surface area contributed by atoms with Crippen molar-refractivity contribution in [1.29, 1.82) is 0 Å². The van der Waals surface area contributed by atoms with Crippen LogP contribution in [0, 0.1) is 27.7 Å². The molecule has 0 atom stereocenters. The topological polar surface area (TPSA) is 66.5 Å².